The third-order valence-corrected chi connectivity index (χ3v) is 5.45. The average molecular weight is 402 g/mol. The van der Waals surface area contributed by atoms with E-state index in [9.17, 15) is 4.79 Å². The van der Waals surface area contributed by atoms with Crippen molar-refractivity contribution >= 4 is 22.5 Å². The number of H-pyrrole nitrogens is 1. The third-order valence-electron chi connectivity index (χ3n) is 5.45. The molecule has 30 heavy (non-hydrogen) atoms. The number of amides is 1. The highest BCUT2D eigenvalue weighted by molar-refractivity contribution is 5.97. The molecule has 1 fully saturated rings. The van der Waals surface area contributed by atoms with E-state index < -0.39 is 0 Å². The molecule has 152 valence electrons. The van der Waals surface area contributed by atoms with Gasteiger partial charge >= 0.3 is 0 Å². The van der Waals surface area contributed by atoms with E-state index >= 15 is 0 Å². The van der Waals surface area contributed by atoms with Gasteiger partial charge in [-0.2, -0.15) is 4.98 Å². The second-order valence-corrected chi connectivity index (χ2v) is 7.39. The predicted molar refractivity (Wildman–Crippen MR) is 113 cm³/mol. The van der Waals surface area contributed by atoms with Crippen LogP contribution < -0.4 is 9.64 Å². The largest absolute Gasteiger partial charge is 0.492 e. The maximum Gasteiger partial charge on any atom is 0.231 e. The minimum absolute atomic E-state index is 0.0372. The second-order valence-electron chi connectivity index (χ2n) is 7.39. The van der Waals surface area contributed by atoms with Gasteiger partial charge in [0.15, 0.2) is 5.82 Å². The van der Waals surface area contributed by atoms with Crippen LogP contribution in [-0.2, 0) is 11.2 Å². The Hall–Kier alpha value is -3.61. The predicted octanol–water partition coefficient (Wildman–Crippen LogP) is 4.06. The van der Waals surface area contributed by atoms with Crippen molar-refractivity contribution in [3.05, 3.63) is 72.0 Å². The van der Waals surface area contributed by atoms with Crippen LogP contribution in [0, 0.1) is 0 Å². The Bertz CT molecular complexity index is 1200. The van der Waals surface area contributed by atoms with Crippen molar-refractivity contribution in [2.45, 2.75) is 25.7 Å². The topological polar surface area (TPSA) is 84.2 Å². The van der Waals surface area contributed by atoms with Gasteiger partial charge < -0.3 is 19.1 Å². The van der Waals surface area contributed by atoms with E-state index in [1.807, 2.05) is 55.6 Å². The van der Waals surface area contributed by atoms with Crippen molar-refractivity contribution in [2.75, 3.05) is 18.1 Å². The van der Waals surface area contributed by atoms with Gasteiger partial charge in [0.25, 0.3) is 0 Å². The number of nitrogens with zero attached hydrogens (tertiary/aromatic N) is 3. The van der Waals surface area contributed by atoms with E-state index in [0.29, 0.717) is 43.5 Å². The molecule has 2 aromatic heterocycles. The zero-order valence-corrected chi connectivity index (χ0v) is 16.7. The molecule has 3 heterocycles. The smallest absolute Gasteiger partial charge is 0.231 e. The highest BCUT2D eigenvalue weighted by Gasteiger charge is 2.35. The molecule has 1 aliphatic heterocycles. The molecule has 1 N–H and O–H groups in total. The van der Waals surface area contributed by atoms with E-state index in [1.54, 1.807) is 4.90 Å². The number of carbonyl (C=O) groups is 1. The number of rotatable bonds is 6. The van der Waals surface area contributed by atoms with E-state index in [4.69, 9.17) is 9.26 Å². The molecule has 1 amide bonds. The lowest BCUT2D eigenvalue weighted by molar-refractivity contribution is -0.117. The molecule has 1 saturated heterocycles. The van der Waals surface area contributed by atoms with Gasteiger partial charge in [0.2, 0.25) is 11.8 Å². The van der Waals surface area contributed by atoms with Crippen LogP contribution in [0.25, 0.3) is 10.9 Å². The molecule has 5 rings (SSSR count). The summed E-state index contributed by atoms with van der Waals surface area (Å²) in [6.07, 6.45) is 2.88. The number of anilines is 1. The normalized spacial score (nSPS) is 16.5. The van der Waals surface area contributed by atoms with Crippen LogP contribution in [0.5, 0.6) is 5.75 Å². The van der Waals surface area contributed by atoms with Gasteiger partial charge in [0, 0.05) is 36.0 Å². The minimum atomic E-state index is -0.104. The first-order valence-electron chi connectivity index (χ1n) is 10.1. The molecule has 4 aromatic rings. The monoisotopic (exact) mass is 402 g/mol. The van der Waals surface area contributed by atoms with Crippen LogP contribution in [-0.4, -0.2) is 34.2 Å². The summed E-state index contributed by atoms with van der Waals surface area (Å²) >= 11 is 0. The molecule has 0 aliphatic carbocycles. The number of aromatic amines is 1. The fraction of sp³-hybridized carbons (Fsp3) is 0.261. The lowest BCUT2D eigenvalue weighted by Gasteiger charge is -2.19. The first-order valence-corrected chi connectivity index (χ1v) is 10.1. The number of para-hydroxylation sites is 3. The van der Waals surface area contributed by atoms with Crippen LogP contribution >= 0.6 is 0 Å². The van der Waals surface area contributed by atoms with Gasteiger partial charge in [-0.25, -0.2) is 0 Å². The summed E-state index contributed by atoms with van der Waals surface area (Å²) in [5.41, 5.74) is 2.97. The number of aromatic nitrogens is 3. The number of carbonyl (C=O) groups excluding carboxylic acids is 1. The maximum absolute atomic E-state index is 12.7. The van der Waals surface area contributed by atoms with Crippen molar-refractivity contribution in [3.8, 4) is 5.75 Å². The summed E-state index contributed by atoms with van der Waals surface area (Å²) in [6, 6.07) is 15.7. The van der Waals surface area contributed by atoms with Crippen molar-refractivity contribution < 1.29 is 14.1 Å². The molecule has 2 aromatic carbocycles. The van der Waals surface area contributed by atoms with Gasteiger partial charge in [-0.1, -0.05) is 35.5 Å². The fourth-order valence-corrected chi connectivity index (χ4v) is 4.02. The number of hydrogen-bond donors (Lipinski definition) is 1. The molecule has 7 nitrogen and oxygen atoms in total. The summed E-state index contributed by atoms with van der Waals surface area (Å²) in [7, 11) is 0. The number of benzene rings is 2. The second kappa shape index (κ2) is 7.67. The molecule has 7 heteroatoms. The van der Waals surface area contributed by atoms with Crippen LogP contribution in [0.2, 0.25) is 0 Å². The molecule has 0 saturated carbocycles. The summed E-state index contributed by atoms with van der Waals surface area (Å²) < 4.78 is 11.2. The minimum Gasteiger partial charge on any atom is -0.492 e. The van der Waals surface area contributed by atoms with E-state index in [0.717, 1.165) is 22.2 Å². The maximum atomic E-state index is 12.7. The molecular weight excluding hydrogens is 380 g/mol. The van der Waals surface area contributed by atoms with E-state index in [-0.39, 0.29) is 11.8 Å². The van der Waals surface area contributed by atoms with Crippen molar-refractivity contribution in [3.63, 3.8) is 0 Å². The molecular formula is C23H22N4O3. The van der Waals surface area contributed by atoms with Crippen LogP contribution in [0.1, 0.15) is 36.5 Å². The van der Waals surface area contributed by atoms with Crippen molar-refractivity contribution in [1.82, 2.24) is 15.1 Å². The van der Waals surface area contributed by atoms with E-state index in [1.165, 1.54) is 0 Å². The van der Waals surface area contributed by atoms with Gasteiger partial charge in [-0.15, -0.1) is 0 Å². The van der Waals surface area contributed by atoms with Gasteiger partial charge in [0.1, 0.15) is 5.75 Å². The van der Waals surface area contributed by atoms with Crippen molar-refractivity contribution in [1.29, 1.82) is 0 Å². The average Bonchev–Trinajstić information content (AvgIpc) is 3.48. The molecule has 1 atom stereocenters. The zero-order chi connectivity index (χ0) is 20.5. The highest BCUT2D eigenvalue weighted by Crippen LogP contribution is 2.36. The Morgan fingerprint density at radius 3 is 2.93 bits per heavy atom. The summed E-state index contributed by atoms with van der Waals surface area (Å²) in [6.45, 7) is 2.99. The van der Waals surface area contributed by atoms with Crippen molar-refractivity contribution in [2.24, 2.45) is 0 Å². The standard InChI is InChI=1S/C23H22N4O3/c1-2-29-20-10-6-5-9-19(20)27-14-16(12-22(27)28)23-25-21(30-26-23)11-15-13-24-18-8-4-3-7-17(15)18/h3-10,13,16,24H,2,11-12,14H2,1H3. The number of nitrogens with one attached hydrogen (secondary N) is 1. The molecule has 0 radical (unpaired) electrons. The van der Waals surface area contributed by atoms with Gasteiger partial charge in [-0.3, -0.25) is 4.79 Å². The first kappa shape index (κ1) is 18.4. The SMILES string of the molecule is CCOc1ccccc1N1CC(c2noc(Cc3c[nH]c4ccccc34)n2)CC1=O. The molecule has 0 spiro atoms. The molecule has 1 unspecified atom stereocenters. The van der Waals surface area contributed by atoms with Crippen LogP contribution in [0.3, 0.4) is 0 Å². The number of hydrogen-bond acceptors (Lipinski definition) is 5. The Labute approximate surface area is 173 Å². The fourth-order valence-electron chi connectivity index (χ4n) is 4.02. The van der Waals surface area contributed by atoms with Gasteiger partial charge in [0.05, 0.1) is 18.7 Å². The summed E-state index contributed by atoms with van der Waals surface area (Å²) in [4.78, 5) is 22.3. The lowest BCUT2D eigenvalue weighted by Crippen LogP contribution is -2.25. The van der Waals surface area contributed by atoms with Crippen LogP contribution in [0.4, 0.5) is 5.69 Å². The molecule has 0 bridgehead atoms. The Kier molecular flexibility index (Phi) is 4.71. The Balaban J connectivity index is 1.34. The number of ether oxygens (including phenoxy) is 1. The summed E-state index contributed by atoms with van der Waals surface area (Å²) in [5.74, 6) is 1.77. The Morgan fingerprint density at radius 2 is 2.03 bits per heavy atom. The summed E-state index contributed by atoms with van der Waals surface area (Å²) in [5, 5.41) is 5.32. The highest BCUT2D eigenvalue weighted by atomic mass is 16.5. The zero-order valence-electron chi connectivity index (χ0n) is 16.7. The lowest BCUT2D eigenvalue weighted by atomic mass is 10.1. The third kappa shape index (κ3) is 3.32. The molecule has 1 aliphatic rings. The quantitative estimate of drug-likeness (QED) is 0.526. The van der Waals surface area contributed by atoms with E-state index in [2.05, 4.69) is 21.2 Å². The Morgan fingerprint density at radius 1 is 1.20 bits per heavy atom. The van der Waals surface area contributed by atoms with Crippen LogP contribution in [0.15, 0.2) is 59.3 Å². The number of fused-ring (bicyclic) bond motifs is 1. The first-order chi connectivity index (χ1) is 14.7. The van der Waals surface area contributed by atoms with Gasteiger partial charge in [-0.05, 0) is 30.7 Å².